The Morgan fingerprint density at radius 1 is 1.62 bits per heavy atom. The number of hydrogen-bond donors (Lipinski definition) is 1. The fraction of sp³-hybridized carbons (Fsp3) is 0.636. The zero-order chi connectivity index (χ0) is 11.4. The van der Waals surface area contributed by atoms with Crippen molar-refractivity contribution in [2.45, 2.75) is 38.0 Å². The standard InChI is InChI=1S/C11H17N3S2/c1-3-4-9-7-13-11(16-9)14-8(2)10-12-5-6-15-10/h5-6,8-9H,3-4,7H2,1-2H3,(H,13,14). The molecule has 2 unspecified atom stereocenters. The molecule has 3 nitrogen and oxygen atoms in total. The number of hydrogen-bond acceptors (Lipinski definition) is 5. The molecule has 0 radical (unpaired) electrons. The van der Waals surface area contributed by atoms with E-state index in [0.717, 1.165) is 16.7 Å². The Labute approximate surface area is 105 Å². The van der Waals surface area contributed by atoms with Crippen molar-refractivity contribution in [1.82, 2.24) is 10.3 Å². The molecule has 1 aromatic rings. The van der Waals surface area contributed by atoms with E-state index in [1.54, 1.807) is 11.3 Å². The summed E-state index contributed by atoms with van der Waals surface area (Å²) in [7, 11) is 0. The number of amidine groups is 1. The second kappa shape index (κ2) is 5.68. The van der Waals surface area contributed by atoms with Gasteiger partial charge in [0.05, 0.1) is 12.6 Å². The third-order valence-corrected chi connectivity index (χ3v) is 4.64. The van der Waals surface area contributed by atoms with Crippen molar-refractivity contribution in [3.63, 3.8) is 0 Å². The van der Waals surface area contributed by atoms with Crippen LogP contribution >= 0.6 is 23.1 Å². The lowest BCUT2D eigenvalue weighted by molar-refractivity contribution is 0.714. The summed E-state index contributed by atoms with van der Waals surface area (Å²) < 4.78 is 0. The average Bonchev–Trinajstić information content (AvgIpc) is 2.89. The first-order valence-corrected chi connectivity index (χ1v) is 7.42. The van der Waals surface area contributed by atoms with Gasteiger partial charge in [0, 0.05) is 16.8 Å². The monoisotopic (exact) mass is 255 g/mol. The lowest BCUT2D eigenvalue weighted by Gasteiger charge is -2.12. The highest BCUT2D eigenvalue weighted by atomic mass is 32.2. The summed E-state index contributed by atoms with van der Waals surface area (Å²) in [5.74, 6) is 0. The predicted octanol–water partition coefficient (Wildman–Crippen LogP) is 3.07. The molecule has 0 bridgehead atoms. The van der Waals surface area contributed by atoms with Crippen LogP contribution in [-0.2, 0) is 0 Å². The Bertz CT molecular complexity index is 348. The highest BCUT2D eigenvalue weighted by Gasteiger charge is 2.20. The SMILES string of the molecule is CCCC1CN=C(NC(C)c2nccs2)S1. The van der Waals surface area contributed by atoms with Crippen molar-refractivity contribution in [2.75, 3.05) is 6.54 Å². The first-order valence-electron chi connectivity index (χ1n) is 5.66. The minimum Gasteiger partial charge on any atom is -0.356 e. The summed E-state index contributed by atoms with van der Waals surface area (Å²) >= 11 is 3.56. The molecule has 1 N–H and O–H groups in total. The van der Waals surface area contributed by atoms with Crippen LogP contribution < -0.4 is 5.32 Å². The largest absolute Gasteiger partial charge is 0.356 e. The van der Waals surface area contributed by atoms with Crippen LogP contribution in [0.3, 0.4) is 0 Å². The first-order chi connectivity index (χ1) is 7.79. The van der Waals surface area contributed by atoms with E-state index in [-0.39, 0.29) is 6.04 Å². The lowest BCUT2D eigenvalue weighted by Crippen LogP contribution is -2.23. The molecule has 0 fully saturated rings. The summed E-state index contributed by atoms with van der Waals surface area (Å²) in [5, 5.41) is 8.33. The molecule has 0 saturated carbocycles. The zero-order valence-corrected chi connectivity index (χ0v) is 11.3. The molecule has 0 saturated heterocycles. The Morgan fingerprint density at radius 2 is 2.50 bits per heavy atom. The van der Waals surface area contributed by atoms with Crippen LogP contribution in [0.1, 0.15) is 37.7 Å². The van der Waals surface area contributed by atoms with E-state index in [2.05, 4.69) is 29.1 Å². The van der Waals surface area contributed by atoms with Crippen molar-refractivity contribution in [3.8, 4) is 0 Å². The smallest absolute Gasteiger partial charge is 0.157 e. The van der Waals surface area contributed by atoms with E-state index in [9.17, 15) is 0 Å². The third kappa shape index (κ3) is 2.98. The highest BCUT2D eigenvalue weighted by molar-refractivity contribution is 8.14. The van der Waals surface area contributed by atoms with Gasteiger partial charge in [-0.1, -0.05) is 25.1 Å². The molecule has 2 atom stereocenters. The molecule has 16 heavy (non-hydrogen) atoms. The van der Waals surface area contributed by atoms with Crippen molar-refractivity contribution >= 4 is 28.3 Å². The molecule has 1 aliphatic heterocycles. The Balaban J connectivity index is 1.83. The maximum absolute atomic E-state index is 4.53. The topological polar surface area (TPSA) is 37.3 Å². The molecular weight excluding hydrogens is 238 g/mol. The second-order valence-electron chi connectivity index (χ2n) is 3.91. The first kappa shape index (κ1) is 11.9. The summed E-state index contributed by atoms with van der Waals surface area (Å²) in [5.41, 5.74) is 0. The molecule has 0 aliphatic carbocycles. The van der Waals surface area contributed by atoms with Gasteiger partial charge in [0.15, 0.2) is 5.17 Å². The molecule has 2 heterocycles. The van der Waals surface area contributed by atoms with Gasteiger partial charge in [-0.2, -0.15) is 0 Å². The Hall–Kier alpha value is -0.550. The van der Waals surface area contributed by atoms with Crippen LogP contribution in [0.4, 0.5) is 0 Å². The molecule has 88 valence electrons. The van der Waals surface area contributed by atoms with Gasteiger partial charge in [-0.25, -0.2) is 4.98 Å². The van der Waals surface area contributed by atoms with Gasteiger partial charge in [-0.3, -0.25) is 4.99 Å². The van der Waals surface area contributed by atoms with E-state index < -0.39 is 0 Å². The van der Waals surface area contributed by atoms with Crippen molar-refractivity contribution in [3.05, 3.63) is 16.6 Å². The van der Waals surface area contributed by atoms with Crippen molar-refractivity contribution in [2.24, 2.45) is 4.99 Å². The lowest BCUT2D eigenvalue weighted by atomic mass is 10.2. The average molecular weight is 255 g/mol. The number of thioether (sulfide) groups is 1. The van der Waals surface area contributed by atoms with Gasteiger partial charge in [0.2, 0.25) is 0 Å². The Morgan fingerprint density at radius 3 is 3.19 bits per heavy atom. The fourth-order valence-electron chi connectivity index (χ4n) is 1.66. The van der Waals surface area contributed by atoms with Crippen molar-refractivity contribution < 1.29 is 0 Å². The van der Waals surface area contributed by atoms with Gasteiger partial charge in [-0.15, -0.1) is 11.3 Å². The predicted molar refractivity (Wildman–Crippen MR) is 72.3 cm³/mol. The van der Waals surface area contributed by atoms with Crippen LogP contribution in [0, 0.1) is 0 Å². The molecule has 5 heteroatoms. The summed E-state index contributed by atoms with van der Waals surface area (Å²) in [4.78, 5) is 8.84. The number of nitrogens with zero attached hydrogens (tertiary/aromatic N) is 2. The highest BCUT2D eigenvalue weighted by Crippen LogP contribution is 2.25. The van der Waals surface area contributed by atoms with Gasteiger partial charge in [-0.05, 0) is 13.3 Å². The summed E-state index contributed by atoms with van der Waals surface area (Å²) in [6.45, 7) is 5.32. The molecule has 0 amide bonds. The van der Waals surface area contributed by atoms with E-state index in [1.165, 1.54) is 12.8 Å². The molecule has 1 aromatic heterocycles. The third-order valence-electron chi connectivity index (χ3n) is 2.49. The van der Waals surface area contributed by atoms with Crippen LogP contribution in [0.25, 0.3) is 0 Å². The number of rotatable bonds is 4. The quantitative estimate of drug-likeness (QED) is 0.898. The molecule has 0 spiro atoms. The van der Waals surface area contributed by atoms with E-state index in [0.29, 0.717) is 5.25 Å². The normalized spacial score (nSPS) is 21.9. The molecule has 1 aliphatic rings. The van der Waals surface area contributed by atoms with Crippen LogP contribution in [-0.4, -0.2) is 21.9 Å². The van der Waals surface area contributed by atoms with Gasteiger partial charge < -0.3 is 5.32 Å². The molecular formula is C11H17N3S2. The maximum Gasteiger partial charge on any atom is 0.157 e. The van der Waals surface area contributed by atoms with Crippen LogP contribution in [0.2, 0.25) is 0 Å². The van der Waals surface area contributed by atoms with Gasteiger partial charge in [0.25, 0.3) is 0 Å². The van der Waals surface area contributed by atoms with Gasteiger partial charge >= 0.3 is 0 Å². The van der Waals surface area contributed by atoms with E-state index >= 15 is 0 Å². The molecule has 0 aromatic carbocycles. The summed E-state index contributed by atoms with van der Waals surface area (Å²) in [6, 6.07) is 0.270. The number of nitrogens with one attached hydrogen (secondary N) is 1. The maximum atomic E-state index is 4.53. The minimum absolute atomic E-state index is 0.270. The Kier molecular flexibility index (Phi) is 4.23. The number of thiazole rings is 1. The van der Waals surface area contributed by atoms with Crippen LogP contribution in [0.15, 0.2) is 16.6 Å². The minimum atomic E-state index is 0.270. The fourth-order valence-corrected chi connectivity index (χ4v) is 3.52. The zero-order valence-electron chi connectivity index (χ0n) is 9.64. The van der Waals surface area contributed by atoms with E-state index in [1.807, 2.05) is 23.3 Å². The number of aromatic nitrogens is 1. The summed E-state index contributed by atoms with van der Waals surface area (Å²) in [6.07, 6.45) is 4.34. The number of aliphatic imine (C=N–C) groups is 1. The van der Waals surface area contributed by atoms with E-state index in [4.69, 9.17) is 0 Å². The van der Waals surface area contributed by atoms with Gasteiger partial charge in [0.1, 0.15) is 5.01 Å². The molecule has 2 rings (SSSR count). The van der Waals surface area contributed by atoms with Crippen molar-refractivity contribution in [1.29, 1.82) is 0 Å². The van der Waals surface area contributed by atoms with Crippen LogP contribution in [0.5, 0.6) is 0 Å². The second-order valence-corrected chi connectivity index (χ2v) is 6.13.